The van der Waals surface area contributed by atoms with E-state index in [2.05, 4.69) is 15.6 Å². The Morgan fingerprint density at radius 1 is 1.42 bits per heavy atom. The van der Waals surface area contributed by atoms with Crippen molar-refractivity contribution in [1.82, 2.24) is 10.3 Å². The van der Waals surface area contributed by atoms with Gasteiger partial charge in [-0.15, -0.1) is 11.3 Å². The topological polar surface area (TPSA) is 84.2 Å². The Balaban J connectivity index is 1.97. The number of oxazole rings is 1. The van der Waals surface area contributed by atoms with Crippen LogP contribution in [-0.2, 0) is 0 Å². The minimum Gasteiger partial charge on any atom is -0.431 e. The van der Waals surface area contributed by atoms with Crippen LogP contribution in [0.5, 0.6) is 0 Å². The molecular weight excluding hydrogens is 266 g/mol. The fraction of sp³-hybridized carbons (Fsp3) is 0.250. The van der Waals surface area contributed by atoms with Crippen molar-refractivity contribution in [1.29, 1.82) is 0 Å². The minimum atomic E-state index is -0.317. The number of nitrogens with zero attached hydrogens (tertiary/aromatic N) is 1. The van der Waals surface area contributed by atoms with Crippen molar-refractivity contribution >= 4 is 29.2 Å². The monoisotopic (exact) mass is 279 g/mol. The molecule has 2 aromatic rings. The molecule has 0 aromatic carbocycles. The van der Waals surface area contributed by atoms with Gasteiger partial charge in [0.2, 0.25) is 0 Å². The summed E-state index contributed by atoms with van der Waals surface area (Å²) >= 11 is 1.31. The first kappa shape index (κ1) is 13.3. The molecule has 6 nitrogen and oxygen atoms in total. The van der Waals surface area contributed by atoms with Crippen molar-refractivity contribution < 1.29 is 14.0 Å². The van der Waals surface area contributed by atoms with E-state index in [9.17, 15) is 9.59 Å². The van der Waals surface area contributed by atoms with Gasteiger partial charge in [-0.2, -0.15) is 4.98 Å². The third-order valence-electron chi connectivity index (χ3n) is 2.24. The highest BCUT2D eigenvalue weighted by atomic mass is 32.1. The third kappa shape index (κ3) is 3.41. The molecule has 0 bridgehead atoms. The van der Waals surface area contributed by atoms with Crippen LogP contribution in [0.15, 0.2) is 28.2 Å². The zero-order chi connectivity index (χ0) is 13.7. The van der Waals surface area contributed by atoms with Gasteiger partial charge in [-0.05, 0) is 17.9 Å². The van der Waals surface area contributed by atoms with Crippen molar-refractivity contribution in [3.8, 4) is 0 Å². The van der Waals surface area contributed by atoms with Crippen LogP contribution >= 0.6 is 11.3 Å². The molecule has 0 saturated heterocycles. The molecule has 100 valence electrons. The Morgan fingerprint density at radius 2 is 2.26 bits per heavy atom. The molecule has 0 spiro atoms. The maximum Gasteiger partial charge on any atom is 0.302 e. The smallest absolute Gasteiger partial charge is 0.302 e. The van der Waals surface area contributed by atoms with Crippen LogP contribution < -0.4 is 10.6 Å². The second kappa shape index (κ2) is 6.14. The van der Waals surface area contributed by atoms with Crippen LogP contribution in [-0.4, -0.2) is 23.3 Å². The molecule has 0 saturated carbocycles. The molecule has 7 heteroatoms. The zero-order valence-corrected chi connectivity index (χ0v) is 11.1. The Bertz CT molecular complexity index is 563. The summed E-state index contributed by atoms with van der Waals surface area (Å²) in [5.41, 5.74) is 0.148. The predicted molar refractivity (Wildman–Crippen MR) is 71.4 cm³/mol. The molecule has 19 heavy (non-hydrogen) atoms. The van der Waals surface area contributed by atoms with Gasteiger partial charge in [-0.1, -0.05) is 13.0 Å². The average molecular weight is 279 g/mol. The molecular formula is C12H13N3O3S. The van der Waals surface area contributed by atoms with E-state index in [0.29, 0.717) is 11.4 Å². The van der Waals surface area contributed by atoms with Crippen LogP contribution in [0.1, 0.15) is 33.5 Å². The van der Waals surface area contributed by atoms with Gasteiger partial charge in [-0.3, -0.25) is 14.9 Å². The molecule has 2 heterocycles. The summed E-state index contributed by atoms with van der Waals surface area (Å²) in [5.74, 6) is -0.625. The van der Waals surface area contributed by atoms with Gasteiger partial charge in [0.05, 0.1) is 4.88 Å². The van der Waals surface area contributed by atoms with Crippen molar-refractivity contribution in [3.63, 3.8) is 0 Å². The van der Waals surface area contributed by atoms with Crippen LogP contribution in [0.3, 0.4) is 0 Å². The second-order valence-corrected chi connectivity index (χ2v) is 4.67. The molecule has 0 aliphatic heterocycles. The number of hydrogen-bond donors (Lipinski definition) is 2. The number of rotatable bonds is 5. The van der Waals surface area contributed by atoms with E-state index in [1.54, 1.807) is 17.5 Å². The molecule has 0 unspecified atom stereocenters. The summed E-state index contributed by atoms with van der Waals surface area (Å²) in [4.78, 5) is 27.8. The number of anilines is 1. The normalized spacial score (nSPS) is 10.2. The van der Waals surface area contributed by atoms with E-state index in [0.717, 1.165) is 6.42 Å². The molecule has 0 aliphatic rings. The van der Waals surface area contributed by atoms with Crippen LogP contribution in [0.2, 0.25) is 0 Å². The SMILES string of the molecule is CCCNC(=O)c1coc(NC(=O)c2cccs2)n1. The highest BCUT2D eigenvalue weighted by Gasteiger charge is 2.14. The summed E-state index contributed by atoms with van der Waals surface area (Å²) < 4.78 is 5.04. The summed E-state index contributed by atoms with van der Waals surface area (Å²) in [7, 11) is 0. The Hall–Kier alpha value is -2.15. The Morgan fingerprint density at radius 3 is 2.95 bits per heavy atom. The van der Waals surface area contributed by atoms with Gasteiger partial charge in [0, 0.05) is 6.54 Å². The van der Waals surface area contributed by atoms with E-state index >= 15 is 0 Å². The van der Waals surface area contributed by atoms with Gasteiger partial charge in [-0.25, -0.2) is 0 Å². The fourth-order valence-corrected chi connectivity index (χ4v) is 1.95. The molecule has 2 N–H and O–H groups in total. The maximum absolute atomic E-state index is 11.7. The molecule has 0 fully saturated rings. The first-order valence-electron chi connectivity index (χ1n) is 5.79. The highest BCUT2D eigenvalue weighted by Crippen LogP contribution is 2.13. The Labute approximate surface area is 113 Å². The van der Waals surface area contributed by atoms with Crippen molar-refractivity contribution in [2.45, 2.75) is 13.3 Å². The van der Waals surface area contributed by atoms with E-state index < -0.39 is 0 Å². The van der Waals surface area contributed by atoms with Crippen molar-refractivity contribution in [3.05, 3.63) is 34.3 Å². The third-order valence-corrected chi connectivity index (χ3v) is 3.11. The molecule has 2 rings (SSSR count). The number of thiophene rings is 1. The standard InChI is InChI=1S/C12H13N3O3S/c1-2-5-13-10(16)8-7-18-12(14-8)15-11(17)9-4-3-6-19-9/h3-4,6-7H,2,5H2,1H3,(H,13,16)(H,14,15,17). The molecule has 2 aromatic heterocycles. The van der Waals surface area contributed by atoms with E-state index in [-0.39, 0.29) is 23.5 Å². The van der Waals surface area contributed by atoms with E-state index in [1.807, 2.05) is 6.92 Å². The van der Waals surface area contributed by atoms with E-state index in [4.69, 9.17) is 4.42 Å². The quantitative estimate of drug-likeness (QED) is 0.878. The van der Waals surface area contributed by atoms with Crippen LogP contribution in [0.4, 0.5) is 6.01 Å². The van der Waals surface area contributed by atoms with Crippen LogP contribution in [0.25, 0.3) is 0 Å². The number of nitrogens with one attached hydrogen (secondary N) is 2. The summed E-state index contributed by atoms with van der Waals surface area (Å²) in [6, 6.07) is 3.48. The number of amides is 2. The number of hydrogen-bond acceptors (Lipinski definition) is 5. The molecule has 2 amide bonds. The average Bonchev–Trinajstić information content (AvgIpc) is 3.06. The molecule has 0 atom stereocenters. The second-order valence-electron chi connectivity index (χ2n) is 3.73. The number of aromatic nitrogens is 1. The lowest BCUT2D eigenvalue weighted by molar-refractivity contribution is 0.0947. The lowest BCUT2D eigenvalue weighted by atomic mass is 10.4. The highest BCUT2D eigenvalue weighted by molar-refractivity contribution is 7.12. The summed E-state index contributed by atoms with van der Waals surface area (Å²) in [5, 5.41) is 6.96. The lowest BCUT2D eigenvalue weighted by Crippen LogP contribution is -2.24. The largest absolute Gasteiger partial charge is 0.431 e. The van der Waals surface area contributed by atoms with Gasteiger partial charge >= 0.3 is 6.01 Å². The van der Waals surface area contributed by atoms with Crippen molar-refractivity contribution in [2.75, 3.05) is 11.9 Å². The first-order chi connectivity index (χ1) is 9.20. The summed E-state index contributed by atoms with van der Waals surface area (Å²) in [6.07, 6.45) is 2.06. The van der Waals surface area contributed by atoms with Gasteiger partial charge in [0.1, 0.15) is 6.26 Å². The first-order valence-corrected chi connectivity index (χ1v) is 6.67. The summed E-state index contributed by atoms with van der Waals surface area (Å²) in [6.45, 7) is 2.53. The van der Waals surface area contributed by atoms with Crippen molar-refractivity contribution in [2.24, 2.45) is 0 Å². The predicted octanol–water partition coefficient (Wildman–Crippen LogP) is 2.13. The van der Waals surface area contributed by atoms with Crippen LogP contribution in [0, 0.1) is 0 Å². The van der Waals surface area contributed by atoms with Gasteiger partial charge < -0.3 is 9.73 Å². The molecule has 0 radical (unpaired) electrons. The minimum absolute atomic E-state index is 0.0139. The molecule has 0 aliphatic carbocycles. The fourth-order valence-electron chi connectivity index (χ4n) is 1.33. The van der Waals surface area contributed by atoms with Gasteiger partial charge in [0.25, 0.3) is 11.8 Å². The number of carbonyl (C=O) groups excluding carboxylic acids is 2. The lowest BCUT2D eigenvalue weighted by Gasteiger charge is -1.98. The van der Waals surface area contributed by atoms with Gasteiger partial charge in [0.15, 0.2) is 5.69 Å². The Kier molecular flexibility index (Phi) is 4.30. The maximum atomic E-state index is 11.7. The zero-order valence-electron chi connectivity index (χ0n) is 10.3. The number of carbonyl (C=O) groups is 2. The van der Waals surface area contributed by atoms with E-state index in [1.165, 1.54) is 17.6 Å².